The molecule has 0 saturated carbocycles. The van der Waals surface area contributed by atoms with Crippen molar-refractivity contribution in [3.63, 3.8) is 0 Å². The molecule has 3 heterocycles. The number of aromatic nitrogens is 4. The van der Waals surface area contributed by atoms with Crippen molar-refractivity contribution in [1.82, 2.24) is 19.6 Å². The normalized spacial score (nSPS) is 10.8. The van der Waals surface area contributed by atoms with Crippen LogP contribution in [0.5, 0.6) is 11.5 Å². The number of benzene rings is 1. The first-order valence-corrected chi connectivity index (χ1v) is 8.43. The third-order valence-corrected chi connectivity index (χ3v) is 4.16. The fraction of sp³-hybridized carbons (Fsp3) is 0.158. The number of ether oxygens (including phenoxy) is 2. The largest absolute Gasteiger partial charge is 0.493 e. The minimum Gasteiger partial charge on any atom is -0.493 e. The van der Waals surface area contributed by atoms with E-state index in [1.807, 2.05) is 18.2 Å². The Balaban J connectivity index is 1.66. The zero-order valence-corrected chi connectivity index (χ0v) is 15.2. The molecule has 0 radical (unpaired) electrons. The zero-order chi connectivity index (χ0) is 19.5. The monoisotopic (exact) mass is 379 g/mol. The Morgan fingerprint density at radius 1 is 1.21 bits per heavy atom. The molecular formula is C19H17N5O4. The fourth-order valence-corrected chi connectivity index (χ4v) is 2.78. The van der Waals surface area contributed by atoms with Crippen LogP contribution in [0.2, 0.25) is 0 Å². The van der Waals surface area contributed by atoms with Gasteiger partial charge < -0.3 is 19.2 Å². The lowest BCUT2D eigenvalue weighted by molar-refractivity contribution is 0.112. The number of hydrogen-bond acceptors (Lipinski definition) is 8. The SMILES string of the molecule is COc1ccc(CNc2ncc(C=O)c3nc(-c4ccco4)nn23)cc1OC. The Hall–Kier alpha value is -3.88. The van der Waals surface area contributed by atoms with Gasteiger partial charge in [-0.25, -0.2) is 9.97 Å². The maximum Gasteiger partial charge on any atom is 0.226 e. The van der Waals surface area contributed by atoms with Gasteiger partial charge in [-0.05, 0) is 29.8 Å². The van der Waals surface area contributed by atoms with Gasteiger partial charge in [0.25, 0.3) is 0 Å². The Morgan fingerprint density at radius 2 is 2.07 bits per heavy atom. The molecule has 0 unspecified atom stereocenters. The summed E-state index contributed by atoms with van der Waals surface area (Å²) < 4.78 is 17.4. The van der Waals surface area contributed by atoms with Gasteiger partial charge in [-0.15, -0.1) is 5.10 Å². The van der Waals surface area contributed by atoms with Crippen molar-refractivity contribution in [3.8, 4) is 23.1 Å². The predicted octanol–water partition coefficient (Wildman–Crippen LogP) is 2.83. The van der Waals surface area contributed by atoms with Crippen LogP contribution in [0.1, 0.15) is 15.9 Å². The van der Waals surface area contributed by atoms with E-state index in [2.05, 4.69) is 20.4 Å². The summed E-state index contributed by atoms with van der Waals surface area (Å²) in [6.07, 6.45) is 3.69. The first-order chi connectivity index (χ1) is 13.7. The summed E-state index contributed by atoms with van der Waals surface area (Å²) in [7, 11) is 3.18. The van der Waals surface area contributed by atoms with E-state index in [-0.39, 0.29) is 0 Å². The highest BCUT2D eigenvalue weighted by Gasteiger charge is 2.15. The van der Waals surface area contributed by atoms with Gasteiger partial charge in [0, 0.05) is 12.7 Å². The molecule has 9 heteroatoms. The molecule has 28 heavy (non-hydrogen) atoms. The van der Waals surface area contributed by atoms with Gasteiger partial charge in [-0.2, -0.15) is 4.52 Å². The van der Waals surface area contributed by atoms with Crippen molar-refractivity contribution >= 4 is 17.9 Å². The summed E-state index contributed by atoms with van der Waals surface area (Å²) in [5.74, 6) is 2.61. The van der Waals surface area contributed by atoms with Crippen LogP contribution in [0.3, 0.4) is 0 Å². The number of methoxy groups -OCH3 is 2. The summed E-state index contributed by atoms with van der Waals surface area (Å²) >= 11 is 0. The van der Waals surface area contributed by atoms with Crippen LogP contribution in [-0.4, -0.2) is 40.1 Å². The Kier molecular flexibility index (Phi) is 4.63. The highest BCUT2D eigenvalue weighted by atomic mass is 16.5. The molecule has 4 aromatic rings. The number of rotatable bonds is 7. The number of nitrogens with one attached hydrogen (secondary N) is 1. The zero-order valence-electron chi connectivity index (χ0n) is 15.2. The molecule has 0 saturated heterocycles. The molecule has 0 amide bonds. The lowest BCUT2D eigenvalue weighted by Crippen LogP contribution is -2.09. The minimum atomic E-state index is 0.335. The second kappa shape index (κ2) is 7.39. The first kappa shape index (κ1) is 17.5. The summed E-state index contributed by atoms with van der Waals surface area (Å²) in [4.78, 5) is 20.0. The van der Waals surface area contributed by atoms with Crippen LogP contribution >= 0.6 is 0 Å². The van der Waals surface area contributed by atoms with Crippen molar-refractivity contribution < 1.29 is 18.7 Å². The molecule has 9 nitrogen and oxygen atoms in total. The van der Waals surface area contributed by atoms with Crippen molar-refractivity contribution in [2.45, 2.75) is 6.54 Å². The van der Waals surface area contributed by atoms with Crippen LogP contribution < -0.4 is 14.8 Å². The molecule has 3 aromatic heterocycles. The van der Waals surface area contributed by atoms with Gasteiger partial charge in [-0.3, -0.25) is 4.79 Å². The summed E-state index contributed by atoms with van der Waals surface area (Å²) in [6, 6.07) is 9.12. The van der Waals surface area contributed by atoms with E-state index >= 15 is 0 Å². The van der Waals surface area contributed by atoms with E-state index in [1.165, 1.54) is 17.0 Å². The average molecular weight is 379 g/mol. The van der Waals surface area contributed by atoms with Gasteiger partial charge in [0.2, 0.25) is 11.8 Å². The molecule has 1 aromatic carbocycles. The average Bonchev–Trinajstić information content (AvgIpc) is 3.41. The number of hydrogen-bond donors (Lipinski definition) is 1. The number of aldehydes is 1. The lowest BCUT2D eigenvalue weighted by atomic mass is 10.2. The Labute approximate surface area is 159 Å². The lowest BCUT2D eigenvalue weighted by Gasteiger charge is -2.11. The minimum absolute atomic E-state index is 0.335. The summed E-state index contributed by atoms with van der Waals surface area (Å²) in [5, 5.41) is 7.63. The van der Waals surface area contributed by atoms with Gasteiger partial charge >= 0.3 is 0 Å². The van der Waals surface area contributed by atoms with E-state index in [0.29, 0.717) is 53.1 Å². The van der Waals surface area contributed by atoms with E-state index in [9.17, 15) is 4.79 Å². The van der Waals surface area contributed by atoms with Crippen LogP contribution in [0.15, 0.2) is 47.2 Å². The number of fused-ring (bicyclic) bond motifs is 1. The maximum atomic E-state index is 11.3. The first-order valence-electron chi connectivity index (χ1n) is 8.43. The molecule has 0 aliphatic carbocycles. The highest BCUT2D eigenvalue weighted by Crippen LogP contribution is 2.28. The molecular weight excluding hydrogens is 362 g/mol. The third kappa shape index (κ3) is 3.13. The predicted molar refractivity (Wildman–Crippen MR) is 101 cm³/mol. The Bertz CT molecular complexity index is 1120. The maximum absolute atomic E-state index is 11.3. The smallest absolute Gasteiger partial charge is 0.226 e. The van der Waals surface area contributed by atoms with Crippen molar-refractivity contribution in [3.05, 3.63) is 53.9 Å². The van der Waals surface area contributed by atoms with E-state index in [4.69, 9.17) is 13.9 Å². The molecule has 0 aliphatic rings. The third-order valence-electron chi connectivity index (χ3n) is 4.16. The standard InChI is InChI=1S/C19H17N5O4/c1-26-14-6-5-12(8-16(14)27-2)9-20-19-21-10-13(11-25)18-22-17(23-24(18)19)15-4-3-7-28-15/h3-8,10-11H,9H2,1-2H3,(H,20,21). The Morgan fingerprint density at radius 3 is 2.79 bits per heavy atom. The molecule has 142 valence electrons. The molecule has 0 aliphatic heterocycles. The number of carbonyl (C=O) groups is 1. The topological polar surface area (TPSA) is 104 Å². The number of anilines is 1. The van der Waals surface area contributed by atoms with Gasteiger partial charge in [0.1, 0.15) is 0 Å². The summed E-state index contributed by atoms with van der Waals surface area (Å²) in [6.45, 7) is 0.457. The molecule has 0 spiro atoms. The van der Waals surface area contributed by atoms with Crippen LogP contribution in [0, 0.1) is 0 Å². The van der Waals surface area contributed by atoms with Gasteiger partial charge in [0.15, 0.2) is 29.2 Å². The molecule has 0 atom stereocenters. The van der Waals surface area contributed by atoms with Crippen molar-refractivity contribution in [1.29, 1.82) is 0 Å². The van der Waals surface area contributed by atoms with Crippen LogP contribution in [0.4, 0.5) is 5.95 Å². The van der Waals surface area contributed by atoms with E-state index < -0.39 is 0 Å². The van der Waals surface area contributed by atoms with Crippen LogP contribution in [-0.2, 0) is 6.54 Å². The van der Waals surface area contributed by atoms with Gasteiger partial charge in [-0.1, -0.05) is 6.07 Å². The van der Waals surface area contributed by atoms with Crippen LogP contribution in [0.25, 0.3) is 17.2 Å². The second-order valence-corrected chi connectivity index (χ2v) is 5.85. The number of carbonyl (C=O) groups excluding carboxylic acids is 1. The molecule has 0 bridgehead atoms. The van der Waals surface area contributed by atoms with E-state index in [1.54, 1.807) is 26.4 Å². The van der Waals surface area contributed by atoms with Crippen molar-refractivity contribution in [2.75, 3.05) is 19.5 Å². The quantitative estimate of drug-likeness (QED) is 0.489. The van der Waals surface area contributed by atoms with E-state index in [0.717, 1.165) is 5.56 Å². The molecule has 4 rings (SSSR count). The molecule has 1 N–H and O–H groups in total. The second-order valence-electron chi connectivity index (χ2n) is 5.85. The highest BCUT2D eigenvalue weighted by molar-refractivity contribution is 5.84. The number of nitrogens with zero attached hydrogens (tertiary/aromatic N) is 4. The van der Waals surface area contributed by atoms with Crippen molar-refractivity contribution in [2.24, 2.45) is 0 Å². The fourth-order valence-electron chi connectivity index (χ4n) is 2.78. The molecule has 0 fully saturated rings. The summed E-state index contributed by atoms with van der Waals surface area (Å²) in [5.41, 5.74) is 1.69. The number of furan rings is 1. The van der Waals surface area contributed by atoms with Gasteiger partial charge in [0.05, 0.1) is 26.0 Å².